The number of hydrogen-bond donors (Lipinski definition) is 1. The zero-order chi connectivity index (χ0) is 21.5. The number of aryl methyl sites for hydroxylation is 2. The van der Waals surface area contributed by atoms with Crippen molar-refractivity contribution in [3.63, 3.8) is 0 Å². The van der Waals surface area contributed by atoms with Crippen LogP contribution in [-0.2, 0) is 13.0 Å². The quantitative estimate of drug-likeness (QED) is 0.675. The molecular formula is C23H24ClN5O2. The first-order chi connectivity index (χ1) is 15.0. The Morgan fingerprint density at radius 2 is 2.10 bits per heavy atom. The number of nitrogens with one attached hydrogen (secondary N) is 1. The van der Waals surface area contributed by atoms with Gasteiger partial charge in [0.2, 0.25) is 11.4 Å². The number of rotatable bonds is 4. The van der Waals surface area contributed by atoms with E-state index in [0.717, 1.165) is 49.9 Å². The molecule has 0 radical (unpaired) electrons. The summed E-state index contributed by atoms with van der Waals surface area (Å²) < 4.78 is 1.86. The van der Waals surface area contributed by atoms with Gasteiger partial charge in [0.15, 0.2) is 0 Å². The molecule has 1 unspecified atom stereocenters. The number of carbonyl (C=O) groups is 1. The molecule has 31 heavy (non-hydrogen) atoms. The van der Waals surface area contributed by atoms with Crippen LogP contribution >= 0.6 is 11.6 Å². The summed E-state index contributed by atoms with van der Waals surface area (Å²) in [6, 6.07) is 5.60. The van der Waals surface area contributed by atoms with Crippen LogP contribution in [0.4, 0.5) is 5.95 Å². The molecule has 5 rings (SSSR count). The Bertz CT molecular complexity index is 1230. The maximum atomic E-state index is 13.1. The molecule has 1 saturated heterocycles. The van der Waals surface area contributed by atoms with Crippen molar-refractivity contribution in [2.45, 2.75) is 45.2 Å². The molecule has 8 heteroatoms. The fraction of sp³-hybridized carbons (Fsp3) is 0.391. The van der Waals surface area contributed by atoms with Crippen LogP contribution < -0.4 is 15.6 Å². The molecule has 0 spiro atoms. The minimum atomic E-state index is -0.370. The highest BCUT2D eigenvalue weighted by molar-refractivity contribution is 6.30. The van der Waals surface area contributed by atoms with Gasteiger partial charge in [-0.2, -0.15) is 4.98 Å². The van der Waals surface area contributed by atoms with Gasteiger partial charge in [-0.1, -0.05) is 17.7 Å². The summed E-state index contributed by atoms with van der Waals surface area (Å²) in [7, 11) is 0. The Morgan fingerprint density at radius 1 is 1.29 bits per heavy atom. The highest BCUT2D eigenvalue weighted by atomic mass is 35.5. The third-order valence-electron chi connectivity index (χ3n) is 6.26. The normalized spacial score (nSPS) is 17.9. The number of pyridine rings is 1. The van der Waals surface area contributed by atoms with E-state index in [0.29, 0.717) is 28.5 Å². The second-order valence-corrected chi connectivity index (χ2v) is 8.60. The summed E-state index contributed by atoms with van der Waals surface area (Å²) in [5.74, 6) is 0.274. The number of anilines is 1. The highest BCUT2D eigenvalue weighted by Crippen LogP contribution is 2.33. The third-order valence-corrected chi connectivity index (χ3v) is 6.50. The highest BCUT2D eigenvalue weighted by Gasteiger charge is 2.26. The van der Waals surface area contributed by atoms with E-state index in [2.05, 4.69) is 20.2 Å². The SMILES string of the molecule is CCn1cc(C(=O)NC2CCc3cc(Cl)ccc32)c(=O)c2cnc(N3CCCC3)nc21. The van der Waals surface area contributed by atoms with E-state index in [1.807, 2.05) is 29.7 Å². The van der Waals surface area contributed by atoms with Crippen molar-refractivity contribution in [2.24, 2.45) is 0 Å². The zero-order valence-electron chi connectivity index (χ0n) is 17.4. The molecule has 2 aliphatic rings. The van der Waals surface area contributed by atoms with Gasteiger partial charge in [-0.3, -0.25) is 9.59 Å². The zero-order valence-corrected chi connectivity index (χ0v) is 18.2. The third kappa shape index (κ3) is 3.57. The van der Waals surface area contributed by atoms with Crippen LogP contribution in [0.1, 0.15) is 53.7 Å². The van der Waals surface area contributed by atoms with Gasteiger partial charge < -0.3 is 14.8 Å². The van der Waals surface area contributed by atoms with Crippen LogP contribution in [0.15, 0.2) is 35.4 Å². The first kappa shape index (κ1) is 20.0. The van der Waals surface area contributed by atoms with Crippen LogP contribution in [-0.4, -0.2) is 33.5 Å². The topological polar surface area (TPSA) is 80.1 Å². The van der Waals surface area contributed by atoms with Crippen LogP contribution in [0.2, 0.25) is 5.02 Å². The number of halogens is 1. The number of nitrogens with zero attached hydrogens (tertiary/aromatic N) is 4. The largest absolute Gasteiger partial charge is 0.345 e. The molecule has 7 nitrogen and oxygen atoms in total. The Labute approximate surface area is 185 Å². The van der Waals surface area contributed by atoms with Crippen molar-refractivity contribution in [3.8, 4) is 0 Å². The lowest BCUT2D eigenvalue weighted by Gasteiger charge is -2.18. The minimum absolute atomic E-state index is 0.120. The predicted molar refractivity (Wildman–Crippen MR) is 121 cm³/mol. The average molecular weight is 438 g/mol. The number of benzene rings is 1. The molecule has 0 bridgehead atoms. The van der Waals surface area contributed by atoms with Gasteiger partial charge in [0.25, 0.3) is 5.91 Å². The first-order valence-corrected chi connectivity index (χ1v) is 11.2. The maximum absolute atomic E-state index is 13.1. The monoisotopic (exact) mass is 437 g/mol. The minimum Gasteiger partial charge on any atom is -0.345 e. The summed E-state index contributed by atoms with van der Waals surface area (Å²) in [5.41, 5.74) is 2.56. The summed E-state index contributed by atoms with van der Waals surface area (Å²) in [5, 5.41) is 4.10. The summed E-state index contributed by atoms with van der Waals surface area (Å²) in [4.78, 5) is 37.5. The van der Waals surface area contributed by atoms with E-state index >= 15 is 0 Å². The number of carbonyl (C=O) groups excluding carboxylic acids is 1. The lowest BCUT2D eigenvalue weighted by atomic mass is 10.1. The number of amides is 1. The molecule has 1 fully saturated rings. The van der Waals surface area contributed by atoms with E-state index in [-0.39, 0.29) is 22.9 Å². The second kappa shape index (κ2) is 7.96. The smallest absolute Gasteiger partial charge is 0.257 e. The van der Waals surface area contributed by atoms with E-state index < -0.39 is 0 Å². The molecule has 160 valence electrons. The Hall–Kier alpha value is -2.93. The van der Waals surface area contributed by atoms with Crippen LogP contribution in [0.3, 0.4) is 0 Å². The molecule has 1 amide bonds. The molecule has 1 atom stereocenters. The van der Waals surface area contributed by atoms with Gasteiger partial charge in [0, 0.05) is 37.1 Å². The number of fused-ring (bicyclic) bond motifs is 2. The van der Waals surface area contributed by atoms with Gasteiger partial charge in [-0.25, -0.2) is 4.98 Å². The lowest BCUT2D eigenvalue weighted by molar-refractivity contribution is 0.0935. The van der Waals surface area contributed by atoms with E-state index in [9.17, 15) is 9.59 Å². The van der Waals surface area contributed by atoms with Crippen molar-refractivity contribution < 1.29 is 4.79 Å². The second-order valence-electron chi connectivity index (χ2n) is 8.17. The standard InChI is InChI=1S/C23H24ClN5O2/c1-2-28-13-18(22(31)26-19-8-5-14-11-15(24)6-7-16(14)19)20(30)17-12-25-23(27-21(17)28)29-9-3-4-10-29/h6-7,11-13,19H,2-5,8-10H2,1H3,(H,26,31). The van der Waals surface area contributed by atoms with Crippen LogP contribution in [0.5, 0.6) is 0 Å². The molecule has 1 N–H and O–H groups in total. The maximum Gasteiger partial charge on any atom is 0.257 e. The van der Waals surface area contributed by atoms with E-state index in [1.165, 1.54) is 0 Å². The van der Waals surface area contributed by atoms with Crippen molar-refractivity contribution >= 4 is 34.5 Å². The summed E-state index contributed by atoms with van der Waals surface area (Å²) in [6.45, 7) is 4.42. The van der Waals surface area contributed by atoms with Gasteiger partial charge in [-0.05, 0) is 55.9 Å². The van der Waals surface area contributed by atoms with Crippen molar-refractivity contribution in [1.29, 1.82) is 0 Å². The molecule has 0 saturated carbocycles. The average Bonchev–Trinajstić information content (AvgIpc) is 3.44. The first-order valence-electron chi connectivity index (χ1n) is 10.8. The predicted octanol–water partition coefficient (Wildman–Crippen LogP) is 3.48. The number of hydrogen-bond acceptors (Lipinski definition) is 5. The van der Waals surface area contributed by atoms with Gasteiger partial charge in [-0.15, -0.1) is 0 Å². The molecule has 3 aromatic rings. The lowest BCUT2D eigenvalue weighted by Crippen LogP contribution is -2.32. The molecule has 1 aromatic carbocycles. The molecule has 1 aliphatic heterocycles. The molecular weight excluding hydrogens is 414 g/mol. The summed E-state index contributed by atoms with van der Waals surface area (Å²) >= 11 is 6.09. The fourth-order valence-corrected chi connectivity index (χ4v) is 4.80. The van der Waals surface area contributed by atoms with Gasteiger partial charge in [0.05, 0.1) is 11.4 Å². The van der Waals surface area contributed by atoms with Crippen LogP contribution in [0.25, 0.3) is 11.0 Å². The van der Waals surface area contributed by atoms with Gasteiger partial charge in [0.1, 0.15) is 11.2 Å². The Kier molecular flexibility index (Phi) is 5.14. The fourth-order valence-electron chi connectivity index (χ4n) is 4.61. The van der Waals surface area contributed by atoms with Crippen molar-refractivity contribution in [3.05, 3.63) is 62.5 Å². The Balaban J connectivity index is 1.49. The molecule has 1 aliphatic carbocycles. The number of aromatic nitrogens is 3. The molecule has 2 aromatic heterocycles. The van der Waals surface area contributed by atoms with Crippen molar-refractivity contribution in [2.75, 3.05) is 18.0 Å². The van der Waals surface area contributed by atoms with Crippen LogP contribution in [0, 0.1) is 0 Å². The molecule has 3 heterocycles. The Morgan fingerprint density at radius 3 is 2.87 bits per heavy atom. The van der Waals surface area contributed by atoms with E-state index in [1.54, 1.807) is 12.4 Å². The van der Waals surface area contributed by atoms with Crippen molar-refractivity contribution in [1.82, 2.24) is 19.9 Å². The van der Waals surface area contributed by atoms with E-state index in [4.69, 9.17) is 11.6 Å². The van der Waals surface area contributed by atoms with Gasteiger partial charge >= 0.3 is 0 Å². The summed E-state index contributed by atoms with van der Waals surface area (Å²) in [6.07, 6.45) is 7.08.